The molecule has 1 aliphatic heterocycles. The third-order valence-corrected chi connectivity index (χ3v) is 7.88. The van der Waals surface area contributed by atoms with Gasteiger partial charge in [0.25, 0.3) is 5.91 Å². The van der Waals surface area contributed by atoms with Crippen LogP contribution in [-0.2, 0) is 16.6 Å². The van der Waals surface area contributed by atoms with Crippen LogP contribution in [0.3, 0.4) is 0 Å². The Balaban J connectivity index is 1.32. The standard InChI is InChI=1S/C28H32F3N5O5S/c1-3-41-23-6-4-5-20(17-23)21-7-8-22(25(18-21)40-2)19-35-12-14-36(15-13-35)26-10-9-24(32-33-26)27(37)34-42(38,39)16-11-28(29,30)31/h4-10,17-18H,3,11-16,19H2,1-2H3,(H,34,37). The lowest BCUT2D eigenvalue weighted by molar-refractivity contribution is -0.130. The van der Waals surface area contributed by atoms with Crippen molar-refractivity contribution in [2.45, 2.75) is 26.1 Å². The molecule has 1 fully saturated rings. The molecule has 0 aliphatic carbocycles. The maximum Gasteiger partial charge on any atom is 0.390 e. The number of methoxy groups -OCH3 is 1. The van der Waals surface area contributed by atoms with E-state index in [4.69, 9.17) is 9.47 Å². The number of rotatable bonds is 11. The van der Waals surface area contributed by atoms with Crippen LogP contribution in [-0.4, -0.2) is 81.2 Å². The highest BCUT2D eigenvalue weighted by Crippen LogP contribution is 2.30. The second kappa shape index (κ2) is 13.4. The summed E-state index contributed by atoms with van der Waals surface area (Å²) >= 11 is 0. The van der Waals surface area contributed by atoms with Crippen LogP contribution in [0.15, 0.2) is 54.6 Å². The number of nitrogens with zero attached hydrogens (tertiary/aromatic N) is 4. The summed E-state index contributed by atoms with van der Waals surface area (Å²) in [5.74, 6) is -0.287. The molecular weight excluding hydrogens is 575 g/mol. The number of carbonyl (C=O) groups is 1. The maximum atomic E-state index is 12.3. The number of hydrogen-bond donors (Lipinski definition) is 1. The van der Waals surface area contributed by atoms with Gasteiger partial charge in [-0.1, -0.05) is 24.3 Å². The number of hydrogen-bond acceptors (Lipinski definition) is 9. The number of piperazine rings is 1. The first-order valence-electron chi connectivity index (χ1n) is 13.3. The maximum absolute atomic E-state index is 12.3. The third kappa shape index (κ3) is 8.55. The Bertz CT molecular complexity index is 1480. The highest BCUT2D eigenvalue weighted by atomic mass is 32.2. The zero-order valence-electron chi connectivity index (χ0n) is 23.2. The Kier molecular flexibility index (Phi) is 9.89. The zero-order valence-corrected chi connectivity index (χ0v) is 24.0. The van der Waals surface area contributed by atoms with Crippen molar-refractivity contribution in [1.29, 1.82) is 0 Å². The molecule has 226 valence electrons. The molecule has 1 amide bonds. The van der Waals surface area contributed by atoms with E-state index in [1.807, 2.05) is 42.2 Å². The number of benzene rings is 2. The number of alkyl halides is 3. The Labute approximate surface area is 242 Å². The molecule has 4 rings (SSSR count). The summed E-state index contributed by atoms with van der Waals surface area (Å²) in [6.45, 7) is 5.95. The van der Waals surface area contributed by atoms with Gasteiger partial charge in [-0.25, -0.2) is 13.1 Å². The first kappa shape index (κ1) is 31.0. The Morgan fingerprint density at radius 1 is 1.00 bits per heavy atom. The fourth-order valence-electron chi connectivity index (χ4n) is 4.47. The predicted molar refractivity (Wildman–Crippen MR) is 151 cm³/mol. The summed E-state index contributed by atoms with van der Waals surface area (Å²) in [5.41, 5.74) is 2.80. The average molecular weight is 608 g/mol. The minimum Gasteiger partial charge on any atom is -0.496 e. The van der Waals surface area contributed by atoms with Crippen LogP contribution in [0.2, 0.25) is 0 Å². The first-order chi connectivity index (χ1) is 20.0. The van der Waals surface area contributed by atoms with Crippen LogP contribution in [0, 0.1) is 0 Å². The summed E-state index contributed by atoms with van der Waals surface area (Å²) in [6, 6.07) is 16.9. The topological polar surface area (TPSA) is 114 Å². The molecule has 0 unspecified atom stereocenters. The summed E-state index contributed by atoms with van der Waals surface area (Å²) in [7, 11) is -2.82. The van der Waals surface area contributed by atoms with Gasteiger partial charge in [-0.15, -0.1) is 10.2 Å². The third-order valence-electron chi connectivity index (χ3n) is 6.64. The molecular formula is C28H32F3N5O5S. The number of amides is 1. The molecule has 10 nitrogen and oxygen atoms in total. The van der Waals surface area contributed by atoms with Gasteiger partial charge in [0, 0.05) is 38.3 Å². The van der Waals surface area contributed by atoms with Gasteiger partial charge in [0.1, 0.15) is 11.5 Å². The molecule has 0 saturated carbocycles. The average Bonchev–Trinajstić information content (AvgIpc) is 2.97. The minimum atomic E-state index is -4.66. The molecule has 3 aromatic rings. The van der Waals surface area contributed by atoms with E-state index in [2.05, 4.69) is 27.2 Å². The molecule has 1 aliphatic rings. The van der Waals surface area contributed by atoms with Crippen LogP contribution >= 0.6 is 0 Å². The van der Waals surface area contributed by atoms with E-state index in [0.717, 1.165) is 41.3 Å². The lowest BCUT2D eigenvalue weighted by Crippen LogP contribution is -2.46. The van der Waals surface area contributed by atoms with Gasteiger partial charge >= 0.3 is 6.18 Å². The van der Waals surface area contributed by atoms with Gasteiger partial charge in [0.15, 0.2) is 11.5 Å². The fraction of sp³-hybridized carbons (Fsp3) is 0.393. The Morgan fingerprint density at radius 3 is 2.38 bits per heavy atom. The number of nitrogens with one attached hydrogen (secondary N) is 1. The van der Waals surface area contributed by atoms with Crippen molar-refractivity contribution >= 4 is 21.7 Å². The van der Waals surface area contributed by atoms with Crippen molar-refractivity contribution in [3.8, 4) is 22.6 Å². The van der Waals surface area contributed by atoms with Crippen molar-refractivity contribution in [2.24, 2.45) is 0 Å². The fourth-order valence-corrected chi connectivity index (χ4v) is 5.46. The zero-order chi connectivity index (χ0) is 30.3. The number of sulfonamides is 1. The van der Waals surface area contributed by atoms with E-state index in [1.54, 1.807) is 11.8 Å². The van der Waals surface area contributed by atoms with Gasteiger partial charge in [0.05, 0.1) is 25.9 Å². The number of anilines is 1. The number of aromatic nitrogens is 2. The molecule has 0 spiro atoms. The van der Waals surface area contributed by atoms with Gasteiger partial charge in [0.2, 0.25) is 10.0 Å². The van der Waals surface area contributed by atoms with Crippen LogP contribution < -0.4 is 19.1 Å². The van der Waals surface area contributed by atoms with Crippen molar-refractivity contribution in [3.05, 3.63) is 65.9 Å². The second-order valence-corrected chi connectivity index (χ2v) is 11.5. The normalized spacial score (nSPS) is 14.5. The summed E-state index contributed by atoms with van der Waals surface area (Å²) in [5, 5.41) is 7.80. The molecule has 2 heterocycles. The Morgan fingerprint density at radius 2 is 1.74 bits per heavy atom. The quantitative estimate of drug-likeness (QED) is 0.347. The van der Waals surface area contributed by atoms with E-state index < -0.39 is 34.3 Å². The lowest BCUT2D eigenvalue weighted by atomic mass is 10.0. The molecule has 1 N–H and O–H groups in total. The van der Waals surface area contributed by atoms with E-state index in [9.17, 15) is 26.4 Å². The van der Waals surface area contributed by atoms with Crippen molar-refractivity contribution in [3.63, 3.8) is 0 Å². The smallest absolute Gasteiger partial charge is 0.390 e. The first-order valence-corrected chi connectivity index (χ1v) is 14.9. The van der Waals surface area contributed by atoms with Crippen molar-refractivity contribution in [2.75, 3.05) is 50.5 Å². The monoisotopic (exact) mass is 607 g/mol. The Hall–Kier alpha value is -3.91. The molecule has 2 aromatic carbocycles. The summed E-state index contributed by atoms with van der Waals surface area (Å²) in [4.78, 5) is 16.4. The van der Waals surface area contributed by atoms with Gasteiger partial charge in [-0.3, -0.25) is 9.69 Å². The molecule has 0 bridgehead atoms. The van der Waals surface area contributed by atoms with Crippen LogP contribution in [0.5, 0.6) is 11.5 Å². The number of carbonyl (C=O) groups excluding carboxylic acids is 1. The highest BCUT2D eigenvalue weighted by Gasteiger charge is 2.31. The number of ether oxygens (including phenoxy) is 2. The predicted octanol–water partition coefficient (Wildman–Crippen LogP) is 3.89. The highest BCUT2D eigenvalue weighted by molar-refractivity contribution is 7.90. The molecule has 1 aromatic heterocycles. The molecule has 0 radical (unpaired) electrons. The van der Waals surface area contributed by atoms with E-state index in [1.165, 1.54) is 12.1 Å². The van der Waals surface area contributed by atoms with E-state index in [0.29, 0.717) is 32.1 Å². The molecule has 0 atom stereocenters. The van der Waals surface area contributed by atoms with Gasteiger partial charge in [-0.05, 0) is 48.4 Å². The van der Waals surface area contributed by atoms with Crippen molar-refractivity contribution in [1.82, 2.24) is 19.8 Å². The van der Waals surface area contributed by atoms with E-state index in [-0.39, 0.29) is 5.69 Å². The molecule has 42 heavy (non-hydrogen) atoms. The van der Waals surface area contributed by atoms with Crippen LogP contribution in [0.1, 0.15) is 29.4 Å². The minimum absolute atomic E-state index is 0.312. The summed E-state index contributed by atoms with van der Waals surface area (Å²) < 4.78 is 73.5. The van der Waals surface area contributed by atoms with Crippen LogP contribution in [0.25, 0.3) is 11.1 Å². The largest absolute Gasteiger partial charge is 0.496 e. The molecule has 14 heteroatoms. The second-order valence-electron chi connectivity index (χ2n) is 9.64. The van der Waals surface area contributed by atoms with Gasteiger partial charge in [-0.2, -0.15) is 13.2 Å². The van der Waals surface area contributed by atoms with Gasteiger partial charge < -0.3 is 14.4 Å². The SMILES string of the molecule is CCOc1cccc(-c2ccc(CN3CCN(c4ccc(C(=O)NS(=O)(=O)CCC(F)(F)F)nn4)CC3)c(OC)c2)c1. The van der Waals surface area contributed by atoms with E-state index >= 15 is 0 Å². The lowest BCUT2D eigenvalue weighted by Gasteiger charge is -2.35. The summed E-state index contributed by atoms with van der Waals surface area (Å²) in [6.07, 6.45) is -6.22. The van der Waals surface area contributed by atoms with Crippen LogP contribution in [0.4, 0.5) is 19.0 Å². The van der Waals surface area contributed by atoms with Crippen molar-refractivity contribution < 1.29 is 35.9 Å². The molecule has 1 saturated heterocycles. The number of halogens is 3.